The zero-order valence-corrected chi connectivity index (χ0v) is 15.0. The molecule has 0 spiro atoms. The van der Waals surface area contributed by atoms with E-state index in [1.54, 1.807) is 31.2 Å². The molecule has 0 radical (unpaired) electrons. The van der Waals surface area contributed by atoms with Crippen molar-refractivity contribution >= 4 is 38.9 Å². The molecule has 0 aromatic heterocycles. The lowest BCUT2D eigenvalue weighted by Crippen LogP contribution is -2.31. The number of nitro benzene ring substituents is 1. The Kier molecular flexibility index (Phi) is 5.82. The number of rotatable bonds is 6. The summed E-state index contributed by atoms with van der Waals surface area (Å²) in [5.74, 6) is 0. The fraction of sp³-hybridized carbons (Fsp3) is 0.200. The van der Waals surface area contributed by atoms with E-state index in [1.165, 1.54) is 6.07 Å². The molecule has 6 nitrogen and oxygen atoms in total. The predicted octanol–water partition coefficient (Wildman–Crippen LogP) is 4.11. The molecule has 0 aliphatic rings. The molecule has 0 aliphatic carbocycles. The minimum Gasteiger partial charge on any atom is -0.258 e. The number of halogens is 2. The molecule has 9 heteroatoms. The number of hydrogen-bond acceptors (Lipinski definition) is 4. The van der Waals surface area contributed by atoms with E-state index in [9.17, 15) is 18.5 Å². The molecule has 0 fully saturated rings. The molecule has 128 valence electrons. The number of nitro groups is 1. The Morgan fingerprint density at radius 3 is 2.38 bits per heavy atom. The molecular weight excluding hydrogens is 375 g/mol. The molecule has 0 N–H and O–H groups in total. The highest BCUT2D eigenvalue weighted by molar-refractivity contribution is 7.89. The molecule has 24 heavy (non-hydrogen) atoms. The normalized spacial score (nSPS) is 11.7. The zero-order chi connectivity index (χ0) is 17.9. The molecule has 0 heterocycles. The Morgan fingerprint density at radius 2 is 1.79 bits per heavy atom. The summed E-state index contributed by atoms with van der Waals surface area (Å²) in [5.41, 5.74) is 0.136. The third-order valence-electron chi connectivity index (χ3n) is 3.34. The summed E-state index contributed by atoms with van der Waals surface area (Å²) < 4.78 is 26.8. The van der Waals surface area contributed by atoms with Crippen molar-refractivity contribution in [2.24, 2.45) is 0 Å². The Hall–Kier alpha value is -1.67. The van der Waals surface area contributed by atoms with Crippen LogP contribution in [0, 0.1) is 10.1 Å². The van der Waals surface area contributed by atoms with E-state index in [1.807, 2.05) is 0 Å². The molecule has 0 bridgehead atoms. The van der Waals surface area contributed by atoms with Crippen LogP contribution in [0.4, 0.5) is 5.69 Å². The minimum absolute atomic E-state index is 0.0547. The first-order chi connectivity index (χ1) is 11.3. The van der Waals surface area contributed by atoms with Gasteiger partial charge >= 0.3 is 0 Å². The van der Waals surface area contributed by atoms with Gasteiger partial charge in [0.15, 0.2) is 4.90 Å². The van der Waals surface area contributed by atoms with E-state index >= 15 is 0 Å². The summed E-state index contributed by atoms with van der Waals surface area (Å²) in [5, 5.41) is 11.8. The Balaban J connectivity index is 2.46. The van der Waals surface area contributed by atoms with E-state index < -0.39 is 20.6 Å². The third kappa shape index (κ3) is 4.05. The summed E-state index contributed by atoms with van der Waals surface area (Å²) in [4.78, 5) is 10.0. The van der Waals surface area contributed by atoms with Crippen LogP contribution in [0.3, 0.4) is 0 Å². The fourth-order valence-corrected chi connectivity index (χ4v) is 4.15. The Labute approximate surface area is 149 Å². The number of benzene rings is 2. The van der Waals surface area contributed by atoms with Gasteiger partial charge in [-0.25, -0.2) is 8.42 Å². The van der Waals surface area contributed by atoms with Crippen molar-refractivity contribution < 1.29 is 13.3 Å². The van der Waals surface area contributed by atoms with Crippen LogP contribution in [0.2, 0.25) is 10.0 Å². The third-order valence-corrected chi connectivity index (χ3v) is 5.77. The van der Waals surface area contributed by atoms with Crippen LogP contribution < -0.4 is 0 Å². The molecule has 2 aromatic rings. The maximum absolute atomic E-state index is 12.8. The van der Waals surface area contributed by atoms with Crippen molar-refractivity contribution in [3.8, 4) is 0 Å². The zero-order valence-electron chi connectivity index (χ0n) is 12.6. The van der Waals surface area contributed by atoms with Crippen molar-refractivity contribution in [3.05, 3.63) is 68.2 Å². The van der Waals surface area contributed by atoms with Gasteiger partial charge in [-0.3, -0.25) is 10.1 Å². The van der Waals surface area contributed by atoms with Crippen LogP contribution >= 0.6 is 23.2 Å². The van der Waals surface area contributed by atoms with E-state index in [4.69, 9.17) is 23.2 Å². The van der Waals surface area contributed by atoms with Gasteiger partial charge in [-0.15, -0.1) is 0 Å². The largest absolute Gasteiger partial charge is 0.290 e. The summed E-state index contributed by atoms with van der Waals surface area (Å²) in [6.07, 6.45) is 0. The van der Waals surface area contributed by atoms with Crippen LogP contribution in [0.5, 0.6) is 0 Å². The molecule has 0 saturated heterocycles. The SMILES string of the molecule is CCN(Cc1cccc(Cl)c1)S(=O)(=O)c1ccc(Cl)cc1[N+](=O)[O-]. The van der Waals surface area contributed by atoms with Gasteiger partial charge in [0.1, 0.15) is 0 Å². The standard InChI is InChI=1S/C15H14Cl2N2O4S/c1-2-18(10-11-4-3-5-12(16)8-11)24(22,23)15-7-6-13(17)9-14(15)19(20)21/h3-9H,2,10H2,1H3. The van der Waals surface area contributed by atoms with Crippen LogP contribution in [0.15, 0.2) is 47.4 Å². The maximum atomic E-state index is 12.8. The van der Waals surface area contributed by atoms with Gasteiger partial charge in [-0.05, 0) is 29.8 Å². The van der Waals surface area contributed by atoms with Crippen molar-refractivity contribution in [2.75, 3.05) is 6.54 Å². The van der Waals surface area contributed by atoms with Crippen LogP contribution in [0.1, 0.15) is 12.5 Å². The maximum Gasteiger partial charge on any atom is 0.290 e. The lowest BCUT2D eigenvalue weighted by molar-refractivity contribution is -0.387. The lowest BCUT2D eigenvalue weighted by atomic mass is 10.2. The van der Waals surface area contributed by atoms with Gasteiger partial charge < -0.3 is 0 Å². The van der Waals surface area contributed by atoms with E-state index in [-0.39, 0.29) is 23.0 Å². The smallest absolute Gasteiger partial charge is 0.258 e. The van der Waals surface area contributed by atoms with Crippen LogP contribution in [0.25, 0.3) is 0 Å². The highest BCUT2D eigenvalue weighted by Crippen LogP contribution is 2.30. The van der Waals surface area contributed by atoms with Crippen molar-refractivity contribution in [1.29, 1.82) is 0 Å². The summed E-state index contributed by atoms with van der Waals surface area (Å²) >= 11 is 11.7. The van der Waals surface area contributed by atoms with E-state index in [2.05, 4.69) is 0 Å². The first-order valence-electron chi connectivity index (χ1n) is 6.94. The Morgan fingerprint density at radius 1 is 1.12 bits per heavy atom. The first kappa shape index (κ1) is 18.7. The highest BCUT2D eigenvalue weighted by atomic mass is 35.5. The summed E-state index contributed by atoms with van der Waals surface area (Å²) in [7, 11) is -4.06. The molecule has 0 unspecified atom stereocenters. The van der Waals surface area contributed by atoms with Crippen molar-refractivity contribution in [3.63, 3.8) is 0 Å². The molecule has 0 amide bonds. The topological polar surface area (TPSA) is 80.5 Å². The van der Waals surface area contributed by atoms with Crippen molar-refractivity contribution in [1.82, 2.24) is 4.31 Å². The number of hydrogen-bond donors (Lipinski definition) is 0. The molecular formula is C15H14Cl2N2O4S. The van der Waals surface area contributed by atoms with E-state index in [0.29, 0.717) is 10.6 Å². The van der Waals surface area contributed by atoms with E-state index in [0.717, 1.165) is 16.4 Å². The summed E-state index contributed by atoms with van der Waals surface area (Å²) in [6.45, 7) is 1.86. The van der Waals surface area contributed by atoms with Gasteiger partial charge in [-0.1, -0.05) is 42.3 Å². The second-order valence-corrected chi connectivity index (χ2v) is 7.71. The van der Waals surface area contributed by atoms with Gasteiger partial charge in [0, 0.05) is 29.2 Å². The van der Waals surface area contributed by atoms with Crippen LogP contribution in [-0.2, 0) is 16.6 Å². The average molecular weight is 389 g/mol. The monoisotopic (exact) mass is 388 g/mol. The Bertz CT molecular complexity index is 872. The van der Waals surface area contributed by atoms with Gasteiger partial charge in [-0.2, -0.15) is 4.31 Å². The highest BCUT2D eigenvalue weighted by Gasteiger charge is 2.31. The molecule has 2 aromatic carbocycles. The molecule has 0 aliphatic heterocycles. The van der Waals surface area contributed by atoms with Crippen LogP contribution in [-0.4, -0.2) is 24.2 Å². The molecule has 2 rings (SSSR count). The van der Waals surface area contributed by atoms with Gasteiger partial charge in [0.25, 0.3) is 5.69 Å². The molecule has 0 atom stereocenters. The lowest BCUT2D eigenvalue weighted by Gasteiger charge is -2.20. The second-order valence-electron chi connectivity index (χ2n) is 4.93. The summed E-state index contributed by atoms with van der Waals surface area (Å²) in [6, 6.07) is 10.3. The fourth-order valence-electron chi connectivity index (χ4n) is 2.20. The van der Waals surface area contributed by atoms with Gasteiger partial charge in [0.2, 0.25) is 10.0 Å². The predicted molar refractivity (Wildman–Crippen MR) is 92.8 cm³/mol. The molecule has 0 saturated carbocycles. The average Bonchev–Trinajstić information content (AvgIpc) is 2.52. The van der Waals surface area contributed by atoms with Gasteiger partial charge in [0.05, 0.1) is 4.92 Å². The number of nitrogens with zero attached hydrogens (tertiary/aromatic N) is 2. The second kappa shape index (κ2) is 7.48. The van der Waals surface area contributed by atoms with Crippen molar-refractivity contribution in [2.45, 2.75) is 18.4 Å². The minimum atomic E-state index is -4.06. The quantitative estimate of drug-likeness (QED) is 0.550. The first-order valence-corrected chi connectivity index (χ1v) is 9.14. The number of sulfonamides is 1.